The van der Waals surface area contributed by atoms with Crippen LogP contribution in [0.4, 0.5) is 5.69 Å². The number of nitro groups is 1. The van der Waals surface area contributed by atoms with Gasteiger partial charge in [-0.15, -0.1) is 6.58 Å². The molecule has 0 aliphatic heterocycles. The van der Waals surface area contributed by atoms with Gasteiger partial charge in [0.25, 0.3) is 11.6 Å². The van der Waals surface area contributed by atoms with E-state index in [0.29, 0.717) is 21.7 Å². The Labute approximate surface area is 159 Å². The van der Waals surface area contributed by atoms with Crippen molar-refractivity contribution in [2.45, 2.75) is 33.4 Å². The molecule has 8 nitrogen and oxygen atoms in total. The maximum absolute atomic E-state index is 12.8. The molecule has 0 N–H and O–H groups in total. The minimum Gasteiger partial charge on any atom is -0.312 e. The maximum atomic E-state index is 12.8. The molecule has 0 fully saturated rings. The zero-order valence-corrected chi connectivity index (χ0v) is 16.1. The largest absolute Gasteiger partial charge is 0.312 e. The third kappa shape index (κ3) is 3.59. The fourth-order valence-corrected chi connectivity index (χ4v) is 3.85. The van der Waals surface area contributed by atoms with Gasteiger partial charge in [-0.05, 0) is 32.9 Å². The van der Waals surface area contributed by atoms with Crippen molar-refractivity contribution in [3.8, 4) is 0 Å². The predicted octanol–water partition coefficient (Wildman–Crippen LogP) is 3.62. The number of nitrogens with zero attached hydrogens (tertiary/aromatic N) is 5. The highest BCUT2D eigenvalue weighted by molar-refractivity contribution is 7.16. The Morgan fingerprint density at radius 3 is 2.81 bits per heavy atom. The van der Waals surface area contributed by atoms with Crippen molar-refractivity contribution in [3.05, 3.63) is 63.2 Å². The number of thiazole rings is 1. The standard InChI is InChI=1S/C18H19N5O3S/c1-5-8-21-14-7-6-13(23(25)26)10-16(14)27-18(21)19-17(24)15-9-12(4)20-22(15)11(2)3/h5-7,9-11H,1,8H2,2-4H3. The Morgan fingerprint density at radius 1 is 1.44 bits per heavy atom. The molecule has 27 heavy (non-hydrogen) atoms. The van der Waals surface area contributed by atoms with Crippen LogP contribution in [0.2, 0.25) is 0 Å². The lowest BCUT2D eigenvalue weighted by Crippen LogP contribution is -2.18. The summed E-state index contributed by atoms with van der Waals surface area (Å²) in [6, 6.07) is 6.34. The van der Waals surface area contributed by atoms with E-state index in [1.807, 2.05) is 25.3 Å². The molecule has 0 aliphatic carbocycles. The zero-order chi connectivity index (χ0) is 19.7. The van der Waals surface area contributed by atoms with Crippen LogP contribution in [-0.4, -0.2) is 25.2 Å². The summed E-state index contributed by atoms with van der Waals surface area (Å²) in [5.74, 6) is -0.400. The summed E-state index contributed by atoms with van der Waals surface area (Å²) in [6.07, 6.45) is 1.69. The van der Waals surface area contributed by atoms with Crippen molar-refractivity contribution in [1.29, 1.82) is 0 Å². The Kier molecular flexibility index (Phi) is 5.04. The third-order valence-electron chi connectivity index (χ3n) is 3.95. The smallest absolute Gasteiger partial charge is 0.297 e. The predicted molar refractivity (Wildman–Crippen MR) is 104 cm³/mol. The molecule has 1 aromatic carbocycles. The minimum atomic E-state index is -0.442. The fourth-order valence-electron chi connectivity index (χ4n) is 2.78. The number of fused-ring (bicyclic) bond motifs is 1. The molecule has 0 bridgehead atoms. The van der Waals surface area contributed by atoms with Gasteiger partial charge in [0.1, 0.15) is 5.69 Å². The molecular weight excluding hydrogens is 366 g/mol. The lowest BCUT2D eigenvalue weighted by molar-refractivity contribution is -0.384. The first-order valence-electron chi connectivity index (χ1n) is 8.35. The zero-order valence-electron chi connectivity index (χ0n) is 15.2. The second kappa shape index (κ2) is 7.28. The molecule has 3 rings (SSSR count). The summed E-state index contributed by atoms with van der Waals surface area (Å²) in [5, 5.41) is 15.4. The summed E-state index contributed by atoms with van der Waals surface area (Å²) in [6.45, 7) is 9.89. The first-order valence-corrected chi connectivity index (χ1v) is 9.17. The number of benzene rings is 1. The van der Waals surface area contributed by atoms with E-state index in [0.717, 1.165) is 11.2 Å². The van der Waals surface area contributed by atoms with Crippen LogP contribution in [0.3, 0.4) is 0 Å². The highest BCUT2D eigenvalue weighted by Crippen LogP contribution is 2.23. The SMILES string of the molecule is C=CCn1c(=NC(=O)c2cc(C)nn2C(C)C)sc2cc([N+](=O)[O-])ccc21. The van der Waals surface area contributed by atoms with E-state index in [9.17, 15) is 14.9 Å². The summed E-state index contributed by atoms with van der Waals surface area (Å²) >= 11 is 1.23. The normalized spacial score (nSPS) is 12.1. The average Bonchev–Trinajstić information content (AvgIpc) is 3.16. The van der Waals surface area contributed by atoms with Gasteiger partial charge in [0, 0.05) is 24.7 Å². The van der Waals surface area contributed by atoms with E-state index < -0.39 is 10.8 Å². The van der Waals surface area contributed by atoms with Crippen molar-refractivity contribution in [1.82, 2.24) is 14.3 Å². The molecule has 2 aromatic heterocycles. The second-order valence-corrected chi connectivity index (χ2v) is 7.33. The lowest BCUT2D eigenvalue weighted by Gasteiger charge is -2.08. The molecule has 3 aromatic rings. The second-order valence-electron chi connectivity index (χ2n) is 6.32. The van der Waals surface area contributed by atoms with Crippen LogP contribution >= 0.6 is 11.3 Å². The molecule has 0 unspecified atom stereocenters. The van der Waals surface area contributed by atoms with Crippen molar-refractivity contribution < 1.29 is 9.72 Å². The molecular formula is C18H19N5O3S. The van der Waals surface area contributed by atoms with E-state index in [-0.39, 0.29) is 11.7 Å². The van der Waals surface area contributed by atoms with Crippen molar-refractivity contribution in [2.24, 2.45) is 4.99 Å². The number of aromatic nitrogens is 3. The molecule has 0 saturated carbocycles. The first-order chi connectivity index (χ1) is 12.8. The molecule has 0 spiro atoms. The molecule has 9 heteroatoms. The molecule has 0 saturated heterocycles. The summed E-state index contributed by atoms with van der Waals surface area (Å²) in [7, 11) is 0. The topological polar surface area (TPSA) is 95.3 Å². The number of aryl methyl sites for hydroxylation is 1. The molecule has 2 heterocycles. The van der Waals surface area contributed by atoms with Crippen LogP contribution in [0, 0.1) is 17.0 Å². The minimum absolute atomic E-state index is 0.000823. The van der Waals surface area contributed by atoms with E-state index in [4.69, 9.17) is 0 Å². The number of non-ortho nitro benzene ring substituents is 1. The van der Waals surface area contributed by atoms with Gasteiger partial charge in [-0.2, -0.15) is 10.1 Å². The summed E-state index contributed by atoms with van der Waals surface area (Å²) in [4.78, 5) is 28.1. The van der Waals surface area contributed by atoms with Gasteiger partial charge in [0.05, 0.1) is 20.8 Å². The van der Waals surface area contributed by atoms with Crippen LogP contribution in [0.25, 0.3) is 10.2 Å². The van der Waals surface area contributed by atoms with E-state index in [1.165, 1.54) is 23.5 Å². The van der Waals surface area contributed by atoms with Crippen LogP contribution in [0.15, 0.2) is 41.9 Å². The Bertz CT molecular complexity index is 1120. The monoisotopic (exact) mass is 385 g/mol. The van der Waals surface area contributed by atoms with E-state index >= 15 is 0 Å². The van der Waals surface area contributed by atoms with Gasteiger partial charge < -0.3 is 4.57 Å². The molecule has 0 radical (unpaired) electrons. The number of carbonyl (C=O) groups is 1. The van der Waals surface area contributed by atoms with Crippen molar-refractivity contribution in [3.63, 3.8) is 0 Å². The Hall–Kier alpha value is -3.07. The summed E-state index contributed by atoms with van der Waals surface area (Å²) in [5.41, 5.74) is 1.93. The van der Waals surface area contributed by atoms with Gasteiger partial charge in [0.15, 0.2) is 4.80 Å². The van der Waals surface area contributed by atoms with E-state index in [2.05, 4.69) is 16.7 Å². The number of amides is 1. The van der Waals surface area contributed by atoms with Gasteiger partial charge in [0.2, 0.25) is 0 Å². The van der Waals surface area contributed by atoms with Gasteiger partial charge in [-0.1, -0.05) is 17.4 Å². The van der Waals surface area contributed by atoms with E-state index in [1.54, 1.807) is 22.9 Å². The molecule has 0 atom stereocenters. The van der Waals surface area contributed by atoms with Crippen LogP contribution in [0.1, 0.15) is 36.1 Å². The molecule has 1 amide bonds. The molecule has 140 valence electrons. The first kappa shape index (κ1) is 18.7. The number of hydrogen-bond acceptors (Lipinski definition) is 5. The average molecular weight is 385 g/mol. The highest BCUT2D eigenvalue weighted by Gasteiger charge is 2.17. The number of carbonyl (C=O) groups excluding carboxylic acids is 1. The van der Waals surface area contributed by atoms with Gasteiger partial charge >= 0.3 is 0 Å². The lowest BCUT2D eigenvalue weighted by atomic mass is 10.3. The third-order valence-corrected chi connectivity index (χ3v) is 4.99. The van der Waals surface area contributed by atoms with Crippen molar-refractivity contribution in [2.75, 3.05) is 0 Å². The molecule has 0 aliphatic rings. The van der Waals surface area contributed by atoms with Crippen LogP contribution in [0.5, 0.6) is 0 Å². The fraction of sp³-hybridized carbons (Fsp3) is 0.278. The highest BCUT2D eigenvalue weighted by atomic mass is 32.1. The quantitative estimate of drug-likeness (QED) is 0.381. The number of allylic oxidation sites excluding steroid dienone is 1. The number of hydrogen-bond donors (Lipinski definition) is 0. The van der Waals surface area contributed by atoms with Crippen molar-refractivity contribution >= 4 is 33.1 Å². The Balaban J connectivity index is 2.17. The van der Waals surface area contributed by atoms with Crippen LogP contribution in [-0.2, 0) is 6.54 Å². The van der Waals surface area contributed by atoms with Gasteiger partial charge in [-0.25, -0.2) is 0 Å². The van der Waals surface area contributed by atoms with Crippen LogP contribution < -0.4 is 4.80 Å². The number of rotatable bonds is 5. The Morgan fingerprint density at radius 2 is 2.19 bits per heavy atom. The van der Waals surface area contributed by atoms with Gasteiger partial charge in [-0.3, -0.25) is 19.6 Å². The maximum Gasteiger partial charge on any atom is 0.297 e. The summed E-state index contributed by atoms with van der Waals surface area (Å²) < 4.78 is 4.15. The number of nitro benzene ring substituents is 1.